The van der Waals surface area contributed by atoms with Crippen LogP contribution in [0.25, 0.3) is 0 Å². The van der Waals surface area contributed by atoms with E-state index in [9.17, 15) is 0 Å². The van der Waals surface area contributed by atoms with Crippen LogP contribution < -0.4 is 11.1 Å². The minimum absolute atomic E-state index is 0.191. The van der Waals surface area contributed by atoms with E-state index in [-0.39, 0.29) is 5.11 Å². The van der Waals surface area contributed by atoms with Crippen molar-refractivity contribution < 1.29 is 23.7 Å². The Labute approximate surface area is 265 Å². The maximum absolute atomic E-state index is 6.73. The quantitative estimate of drug-likeness (QED) is 0.169. The summed E-state index contributed by atoms with van der Waals surface area (Å²) in [6.07, 6.45) is -2.36. The van der Waals surface area contributed by atoms with Crippen LogP contribution in [0.1, 0.15) is 22.3 Å². The van der Waals surface area contributed by atoms with E-state index in [0.29, 0.717) is 39.6 Å². The van der Waals surface area contributed by atoms with Crippen molar-refractivity contribution in [1.82, 2.24) is 5.32 Å². The number of nitrogens with one attached hydrogen (secondary N) is 1. The number of thiocarbonyl (C=S) groups is 1. The monoisotopic (exact) mass is 612 g/mol. The van der Waals surface area contributed by atoms with Gasteiger partial charge in [-0.15, -0.1) is 0 Å². The molecule has 0 radical (unpaired) electrons. The van der Waals surface area contributed by atoms with Crippen molar-refractivity contribution in [3.63, 3.8) is 0 Å². The standard InChI is InChI=1S/C36H40N2O5S/c37-36(44)38-21-31-33(40-23-28-15-7-2-8-16-28)35(42-25-30-19-11-4-12-20-30)34(41-24-29-17-9-3-10-18-29)32(43-31)26-39-22-27-13-5-1-6-14-27/h1-20,31-35H,21-26H2,(H3,37,38,44)/t31?,32-,33-,34-,35-/m1/s1. The molecular weight excluding hydrogens is 572 g/mol. The van der Waals surface area contributed by atoms with E-state index in [4.69, 9.17) is 41.6 Å². The van der Waals surface area contributed by atoms with Crippen LogP contribution in [-0.4, -0.2) is 48.8 Å². The molecule has 1 unspecified atom stereocenters. The van der Waals surface area contributed by atoms with Crippen molar-refractivity contribution in [2.45, 2.75) is 56.9 Å². The molecule has 1 aliphatic rings. The average molecular weight is 613 g/mol. The molecule has 0 aliphatic carbocycles. The lowest BCUT2D eigenvalue weighted by Gasteiger charge is -2.46. The SMILES string of the molecule is NC(=S)NCC1O[C@H](COCc2ccccc2)[C@@H](OCc2ccccc2)[C@H](OCc2ccccc2)[C@@H]1OCc1ccccc1. The van der Waals surface area contributed by atoms with Crippen molar-refractivity contribution in [2.75, 3.05) is 13.2 Å². The molecule has 7 nitrogen and oxygen atoms in total. The first-order valence-corrected chi connectivity index (χ1v) is 15.3. The summed E-state index contributed by atoms with van der Waals surface area (Å²) in [6.45, 7) is 2.25. The number of rotatable bonds is 15. The van der Waals surface area contributed by atoms with Crippen LogP contribution >= 0.6 is 12.2 Å². The summed E-state index contributed by atoms with van der Waals surface area (Å²) < 4.78 is 33.0. The molecule has 3 N–H and O–H groups in total. The van der Waals surface area contributed by atoms with Gasteiger partial charge in [-0.05, 0) is 34.5 Å². The van der Waals surface area contributed by atoms with Crippen molar-refractivity contribution in [3.8, 4) is 0 Å². The van der Waals surface area contributed by atoms with Gasteiger partial charge in [0.15, 0.2) is 5.11 Å². The Kier molecular flexibility index (Phi) is 12.3. The smallest absolute Gasteiger partial charge is 0.163 e. The van der Waals surface area contributed by atoms with Crippen LogP contribution in [0.2, 0.25) is 0 Å². The van der Waals surface area contributed by atoms with E-state index in [2.05, 4.69) is 5.32 Å². The molecule has 1 fully saturated rings. The molecule has 4 aromatic rings. The summed E-state index contributed by atoms with van der Waals surface area (Å²) in [4.78, 5) is 0. The zero-order valence-electron chi connectivity index (χ0n) is 24.7. The predicted octanol–water partition coefficient (Wildman–Crippen LogP) is 5.56. The van der Waals surface area contributed by atoms with Crippen LogP contribution in [0.15, 0.2) is 121 Å². The molecule has 4 aromatic carbocycles. The molecule has 230 valence electrons. The molecule has 1 saturated heterocycles. The second-order valence-electron chi connectivity index (χ2n) is 10.7. The Morgan fingerprint density at radius 1 is 0.568 bits per heavy atom. The molecule has 0 amide bonds. The third-order valence-corrected chi connectivity index (χ3v) is 7.60. The molecule has 0 aromatic heterocycles. The van der Waals surface area contributed by atoms with Gasteiger partial charge in [0.25, 0.3) is 0 Å². The fraction of sp³-hybridized carbons (Fsp3) is 0.306. The lowest BCUT2D eigenvalue weighted by molar-refractivity contribution is -0.271. The number of benzene rings is 4. The van der Waals surface area contributed by atoms with Crippen molar-refractivity contribution in [2.24, 2.45) is 5.73 Å². The number of hydrogen-bond donors (Lipinski definition) is 2. The summed E-state index contributed by atoms with van der Waals surface area (Å²) in [6, 6.07) is 40.3. The van der Waals surface area contributed by atoms with E-state index < -0.39 is 30.5 Å². The minimum Gasteiger partial charge on any atom is -0.376 e. The minimum atomic E-state index is -0.494. The third kappa shape index (κ3) is 9.69. The molecule has 5 rings (SSSR count). The lowest BCUT2D eigenvalue weighted by Crippen LogP contribution is -2.63. The van der Waals surface area contributed by atoms with Crippen molar-refractivity contribution >= 4 is 17.3 Å². The Bertz CT molecular complexity index is 1380. The van der Waals surface area contributed by atoms with Gasteiger partial charge in [0.2, 0.25) is 0 Å². The Balaban J connectivity index is 1.42. The van der Waals surface area contributed by atoms with E-state index in [1.54, 1.807) is 0 Å². The summed E-state index contributed by atoms with van der Waals surface area (Å²) in [5.74, 6) is 0. The molecule has 0 spiro atoms. The van der Waals surface area contributed by atoms with Crippen molar-refractivity contribution in [1.29, 1.82) is 0 Å². The van der Waals surface area contributed by atoms with E-state index in [0.717, 1.165) is 22.3 Å². The predicted molar refractivity (Wildman–Crippen MR) is 175 cm³/mol. The first kappa shape index (κ1) is 31.8. The van der Waals surface area contributed by atoms with Crippen LogP contribution in [0, 0.1) is 0 Å². The normalized spacial score (nSPS) is 21.5. The van der Waals surface area contributed by atoms with Crippen LogP contribution in [0.3, 0.4) is 0 Å². The first-order chi connectivity index (χ1) is 21.7. The van der Waals surface area contributed by atoms with Gasteiger partial charge < -0.3 is 34.7 Å². The highest BCUT2D eigenvalue weighted by molar-refractivity contribution is 7.80. The summed E-state index contributed by atoms with van der Waals surface area (Å²) in [7, 11) is 0. The lowest BCUT2D eigenvalue weighted by atomic mass is 9.93. The van der Waals surface area contributed by atoms with Gasteiger partial charge in [0.1, 0.15) is 30.5 Å². The summed E-state index contributed by atoms with van der Waals surface area (Å²) >= 11 is 5.15. The molecule has 0 bridgehead atoms. The van der Waals surface area contributed by atoms with Gasteiger partial charge in [-0.25, -0.2) is 0 Å². The van der Waals surface area contributed by atoms with Gasteiger partial charge in [0, 0.05) is 6.54 Å². The van der Waals surface area contributed by atoms with E-state index >= 15 is 0 Å². The van der Waals surface area contributed by atoms with E-state index in [1.807, 2.05) is 121 Å². The highest BCUT2D eigenvalue weighted by atomic mass is 32.1. The second-order valence-corrected chi connectivity index (χ2v) is 11.2. The second kappa shape index (κ2) is 17.0. The van der Waals surface area contributed by atoms with Crippen LogP contribution in [0.4, 0.5) is 0 Å². The Hall–Kier alpha value is -3.63. The molecule has 8 heteroatoms. The van der Waals surface area contributed by atoms with Crippen molar-refractivity contribution in [3.05, 3.63) is 144 Å². The molecule has 0 saturated carbocycles. The van der Waals surface area contributed by atoms with Gasteiger partial charge in [-0.2, -0.15) is 0 Å². The molecule has 44 heavy (non-hydrogen) atoms. The molecular formula is C36H40N2O5S. The van der Waals surface area contributed by atoms with Gasteiger partial charge in [-0.3, -0.25) is 0 Å². The topological polar surface area (TPSA) is 84.2 Å². The third-order valence-electron chi connectivity index (χ3n) is 7.46. The Morgan fingerprint density at radius 2 is 0.955 bits per heavy atom. The summed E-state index contributed by atoms with van der Waals surface area (Å²) in [5, 5.41) is 3.27. The maximum atomic E-state index is 6.73. The molecule has 1 aliphatic heterocycles. The van der Waals surface area contributed by atoms with Gasteiger partial charge in [-0.1, -0.05) is 121 Å². The zero-order chi connectivity index (χ0) is 30.4. The Morgan fingerprint density at radius 3 is 1.39 bits per heavy atom. The largest absolute Gasteiger partial charge is 0.376 e. The molecule has 5 atom stereocenters. The maximum Gasteiger partial charge on any atom is 0.163 e. The van der Waals surface area contributed by atoms with E-state index in [1.165, 1.54) is 0 Å². The summed E-state index contributed by atoms with van der Waals surface area (Å²) in [5.41, 5.74) is 10.1. The average Bonchev–Trinajstić information content (AvgIpc) is 3.07. The number of ether oxygens (including phenoxy) is 5. The highest BCUT2D eigenvalue weighted by Gasteiger charge is 2.48. The number of hydrogen-bond acceptors (Lipinski definition) is 6. The zero-order valence-corrected chi connectivity index (χ0v) is 25.5. The fourth-order valence-corrected chi connectivity index (χ4v) is 5.33. The first-order valence-electron chi connectivity index (χ1n) is 14.9. The van der Waals surface area contributed by atoms with Crippen LogP contribution in [0.5, 0.6) is 0 Å². The van der Waals surface area contributed by atoms with Gasteiger partial charge >= 0.3 is 0 Å². The number of nitrogens with two attached hydrogens (primary N) is 1. The van der Waals surface area contributed by atoms with Crippen LogP contribution in [-0.2, 0) is 50.1 Å². The highest BCUT2D eigenvalue weighted by Crippen LogP contribution is 2.31. The van der Waals surface area contributed by atoms with Gasteiger partial charge in [0.05, 0.1) is 33.0 Å². The fourth-order valence-electron chi connectivity index (χ4n) is 5.25. The molecule has 1 heterocycles.